The number of rotatable bonds is 10. The van der Waals surface area contributed by atoms with Crippen LogP contribution in [0.3, 0.4) is 0 Å². The van der Waals surface area contributed by atoms with Crippen molar-refractivity contribution in [3.05, 3.63) is 130 Å². The Kier molecular flexibility index (Phi) is 9.53. The fourth-order valence-electron chi connectivity index (χ4n) is 4.26. The van der Waals surface area contributed by atoms with Crippen LogP contribution in [0.15, 0.2) is 108 Å². The highest BCUT2D eigenvalue weighted by Gasteiger charge is 2.32. The molecular formula is C32H27ClN4O4S. The van der Waals surface area contributed by atoms with Crippen LogP contribution in [0.4, 0.5) is 5.69 Å². The van der Waals surface area contributed by atoms with Crippen LogP contribution >= 0.6 is 23.4 Å². The molecule has 0 radical (unpaired) electrons. The first-order valence-electron chi connectivity index (χ1n) is 13.1. The van der Waals surface area contributed by atoms with E-state index in [1.54, 1.807) is 72.4 Å². The Morgan fingerprint density at radius 2 is 1.67 bits per heavy atom. The summed E-state index contributed by atoms with van der Waals surface area (Å²) in [7, 11) is 0. The molecule has 1 heterocycles. The Bertz CT molecular complexity index is 1580. The number of amides is 3. The minimum atomic E-state index is -0.349. The maximum absolute atomic E-state index is 12.6. The molecule has 0 aromatic heterocycles. The monoisotopic (exact) mass is 598 g/mol. The normalized spacial score (nSPS) is 14.6. The molecule has 4 aromatic rings. The summed E-state index contributed by atoms with van der Waals surface area (Å²) in [5.41, 5.74) is 6.29. The van der Waals surface area contributed by atoms with Crippen LogP contribution < -0.4 is 15.5 Å². The van der Waals surface area contributed by atoms with Crippen molar-refractivity contribution in [1.82, 2.24) is 10.3 Å². The van der Waals surface area contributed by atoms with E-state index in [1.165, 1.54) is 6.21 Å². The number of para-hydroxylation sites is 1. The lowest BCUT2D eigenvalue weighted by Crippen LogP contribution is -2.27. The van der Waals surface area contributed by atoms with Gasteiger partial charge in [0.15, 0.2) is 6.61 Å². The molecule has 2 N–H and O–H groups in total. The molecule has 0 unspecified atom stereocenters. The Hall–Kier alpha value is -4.60. The third kappa shape index (κ3) is 7.57. The first-order chi connectivity index (χ1) is 20.5. The SMILES string of the molecule is O=C(COc1ccc(/C=N\NC(=O)c2ccc([C@H]3SCC(=O)N3Cc3ccccc3)cc2)cc1)Nc1ccccc1Cl. The number of benzene rings is 4. The predicted molar refractivity (Wildman–Crippen MR) is 166 cm³/mol. The number of ether oxygens (including phenoxy) is 1. The van der Waals surface area contributed by atoms with Crippen LogP contribution in [0.2, 0.25) is 5.02 Å². The van der Waals surface area contributed by atoms with Gasteiger partial charge in [0.05, 0.1) is 22.7 Å². The lowest BCUT2D eigenvalue weighted by atomic mass is 10.1. The minimum absolute atomic E-state index is 0.100. The van der Waals surface area contributed by atoms with E-state index in [1.807, 2.05) is 47.4 Å². The number of hydrogen-bond acceptors (Lipinski definition) is 6. The highest BCUT2D eigenvalue weighted by molar-refractivity contribution is 8.00. The van der Waals surface area contributed by atoms with Gasteiger partial charge in [-0.3, -0.25) is 14.4 Å². The van der Waals surface area contributed by atoms with E-state index in [0.717, 1.165) is 16.7 Å². The molecule has 5 rings (SSSR count). The Morgan fingerprint density at radius 3 is 2.40 bits per heavy atom. The number of thioether (sulfide) groups is 1. The largest absolute Gasteiger partial charge is 0.484 e. The topological polar surface area (TPSA) is 100 Å². The molecule has 4 aromatic carbocycles. The van der Waals surface area contributed by atoms with Crippen molar-refractivity contribution < 1.29 is 19.1 Å². The zero-order valence-electron chi connectivity index (χ0n) is 22.4. The molecule has 8 nitrogen and oxygen atoms in total. The molecule has 1 aliphatic rings. The summed E-state index contributed by atoms with van der Waals surface area (Å²) < 4.78 is 5.53. The molecule has 212 valence electrons. The van der Waals surface area contributed by atoms with Crippen molar-refractivity contribution in [2.75, 3.05) is 17.7 Å². The predicted octanol–water partition coefficient (Wildman–Crippen LogP) is 5.90. The fourth-order valence-corrected chi connectivity index (χ4v) is 5.63. The molecule has 0 spiro atoms. The van der Waals surface area contributed by atoms with Crippen LogP contribution in [-0.4, -0.2) is 41.2 Å². The molecule has 10 heteroatoms. The van der Waals surface area contributed by atoms with Gasteiger partial charge in [-0.05, 0) is 65.2 Å². The molecule has 42 heavy (non-hydrogen) atoms. The van der Waals surface area contributed by atoms with Crippen molar-refractivity contribution in [2.24, 2.45) is 5.10 Å². The Labute approximate surface area is 252 Å². The molecule has 1 aliphatic heterocycles. The number of halogens is 1. The molecule has 0 aliphatic carbocycles. The van der Waals surface area contributed by atoms with E-state index in [9.17, 15) is 14.4 Å². The number of hydrazone groups is 1. The van der Waals surface area contributed by atoms with Crippen molar-refractivity contribution in [1.29, 1.82) is 0 Å². The van der Waals surface area contributed by atoms with E-state index in [-0.39, 0.29) is 29.7 Å². The smallest absolute Gasteiger partial charge is 0.271 e. The van der Waals surface area contributed by atoms with Crippen LogP contribution in [0.1, 0.15) is 32.4 Å². The molecular weight excluding hydrogens is 572 g/mol. The van der Waals surface area contributed by atoms with Crippen LogP contribution in [0, 0.1) is 0 Å². The summed E-state index contributed by atoms with van der Waals surface area (Å²) in [4.78, 5) is 39.1. The molecule has 1 saturated heterocycles. The quantitative estimate of drug-likeness (QED) is 0.175. The summed E-state index contributed by atoms with van der Waals surface area (Å²) in [6.07, 6.45) is 1.52. The number of nitrogens with zero attached hydrogens (tertiary/aromatic N) is 2. The fraction of sp³-hybridized carbons (Fsp3) is 0.125. The number of hydrogen-bond donors (Lipinski definition) is 2. The van der Waals surface area contributed by atoms with Gasteiger partial charge in [-0.25, -0.2) is 5.43 Å². The summed E-state index contributed by atoms with van der Waals surface area (Å²) in [6.45, 7) is 0.370. The first-order valence-corrected chi connectivity index (χ1v) is 14.5. The molecule has 0 bridgehead atoms. The highest BCUT2D eigenvalue weighted by atomic mass is 35.5. The van der Waals surface area contributed by atoms with Gasteiger partial charge in [-0.15, -0.1) is 11.8 Å². The summed E-state index contributed by atoms with van der Waals surface area (Å²) in [6, 6.07) is 31.0. The Morgan fingerprint density at radius 1 is 0.952 bits per heavy atom. The third-order valence-corrected chi connectivity index (χ3v) is 7.99. The maximum Gasteiger partial charge on any atom is 0.271 e. The van der Waals surface area contributed by atoms with Crippen molar-refractivity contribution in [3.8, 4) is 5.75 Å². The average molecular weight is 599 g/mol. The average Bonchev–Trinajstić information content (AvgIpc) is 3.38. The van der Waals surface area contributed by atoms with Gasteiger partial charge in [0.1, 0.15) is 11.1 Å². The lowest BCUT2D eigenvalue weighted by molar-refractivity contribution is -0.128. The van der Waals surface area contributed by atoms with Gasteiger partial charge >= 0.3 is 0 Å². The van der Waals surface area contributed by atoms with E-state index in [2.05, 4.69) is 15.8 Å². The van der Waals surface area contributed by atoms with Crippen molar-refractivity contribution in [3.63, 3.8) is 0 Å². The van der Waals surface area contributed by atoms with Gasteiger partial charge in [0.25, 0.3) is 11.8 Å². The second-order valence-corrected chi connectivity index (χ2v) is 10.9. The second kappa shape index (κ2) is 13.8. The molecule has 3 amide bonds. The summed E-state index contributed by atoms with van der Waals surface area (Å²) in [5.74, 6) is 0.363. The van der Waals surface area contributed by atoms with E-state index >= 15 is 0 Å². The van der Waals surface area contributed by atoms with Crippen molar-refractivity contribution >= 4 is 53.0 Å². The summed E-state index contributed by atoms with van der Waals surface area (Å²) in [5, 5.41) is 7.10. The summed E-state index contributed by atoms with van der Waals surface area (Å²) >= 11 is 7.64. The van der Waals surface area contributed by atoms with Gasteiger partial charge < -0.3 is 15.0 Å². The lowest BCUT2D eigenvalue weighted by Gasteiger charge is -2.24. The number of anilines is 1. The third-order valence-electron chi connectivity index (χ3n) is 6.40. The highest BCUT2D eigenvalue weighted by Crippen LogP contribution is 2.39. The van der Waals surface area contributed by atoms with Crippen LogP contribution in [0.5, 0.6) is 5.75 Å². The van der Waals surface area contributed by atoms with Gasteiger partial charge in [0, 0.05) is 12.1 Å². The van der Waals surface area contributed by atoms with Crippen molar-refractivity contribution in [2.45, 2.75) is 11.9 Å². The van der Waals surface area contributed by atoms with E-state index in [0.29, 0.717) is 34.3 Å². The van der Waals surface area contributed by atoms with Crippen LogP contribution in [0.25, 0.3) is 0 Å². The van der Waals surface area contributed by atoms with Gasteiger partial charge in [-0.1, -0.05) is 66.2 Å². The van der Waals surface area contributed by atoms with Gasteiger partial charge in [-0.2, -0.15) is 5.10 Å². The standard InChI is InChI=1S/C32H27ClN4O4S/c33-27-8-4-5-9-28(27)35-29(38)20-41-26-16-10-22(11-17-26)18-34-36-31(40)24-12-14-25(15-13-24)32-37(30(39)21-42-32)19-23-6-2-1-3-7-23/h1-18,32H,19-21H2,(H,35,38)(H,36,40)/b34-18-/t32-/m1/s1. The van der Waals surface area contributed by atoms with E-state index in [4.69, 9.17) is 16.3 Å². The number of carbonyl (C=O) groups excluding carboxylic acids is 3. The zero-order chi connectivity index (χ0) is 29.3. The van der Waals surface area contributed by atoms with Crippen LogP contribution in [-0.2, 0) is 16.1 Å². The Balaban J connectivity index is 1.10. The molecule has 1 fully saturated rings. The number of carbonyl (C=O) groups is 3. The van der Waals surface area contributed by atoms with E-state index < -0.39 is 0 Å². The first kappa shape index (κ1) is 28.9. The number of nitrogens with one attached hydrogen (secondary N) is 2. The maximum atomic E-state index is 12.6. The molecule has 0 saturated carbocycles. The van der Waals surface area contributed by atoms with Gasteiger partial charge in [0.2, 0.25) is 5.91 Å². The minimum Gasteiger partial charge on any atom is -0.484 e. The second-order valence-electron chi connectivity index (χ2n) is 9.38. The zero-order valence-corrected chi connectivity index (χ0v) is 24.0. The molecule has 1 atom stereocenters.